The first-order valence-electron chi connectivity index (χ1n) is 9.79. The Morgan fingerprint density at radius 1 is 1.04 bits per heavy atom. The van der Waals surface area contributed by atoms with E-state index < -0.39 is 6.04 Å². The van der Waals surface area contributed by atoms with Gasteiger partial charge in [-0.05, 0) is 42.4 Å². The molecule has 0 aliphatic carbocycles. The van der Waals surface area contributed by atoms with Gasteiger partial charge in [0.05, 0.1) is 0 Å². The molecule has 2 aromatic rings. The normalized spacial score (nSPS) is 12.1. The molecule has 0 aliphatic heterocycles. The molecule has 0 radical (unpaired) electrons. The summed E-state index contributed by atoms with van der Waals surface area (Å²) in [7, 11) is 0. The Bertz CT molecular complexity index is 751. The number of rotatable bonds is 10. The Labute approximate surface area is 162 Å². The van der Waals surface area contributed by atoms with Crippen molar-refractivity contribution in [2.24, 2.45) is 0 Å². The van der Waals surface area contributed by atoms with Crippen LogP contribution in [0.2, 0.25) is 0 Å². The van der Waals surface area contributed by atoms with Crippen LogP contribution in [0.5, 0.6) is 0 Å². The largest absolute Gasteiger partial charge is 0.354 e. The molecular weight excluding hydrogens is 338 g/mol. The molecule has 5 heteroatoms. The smallest absolute Gasteiger partial charge is 0.242 e. The zero-order valence-corrected chi connectivity index (χ0v) is 16.6. The molecular formula is C22H31N3O2. The van der Waals surface area contributed by atoms with Gasteiger partial charge in [0, 0.05) is 19.9 Å². The zero-order valence-electron chi connectivity index (χ0n) is 16.6. The van der Waals surface area contributed by atoms with Gasteiger partial charge in [-0.1, -0.05) is 56.3 Å². The van der Waals surface area contributed by atoms with Gasteiger partial charge in [-0.3, -0.25) is 9.59 Å². The maximum atomic E-state index is 12.7. The Balaban J connectivity index is 2.01. The van der Waals surface area contributed by atoms with Crippen molar-refractivity contribution in [3.63, 3.8) is 0 Å². The Morgan fingerprint density at radius 3 is 2.44 bits per heavy atom. The molecule has 0 saturated carbocycles. The van der Waals surface area contributed by atoms with Crippen molar-refractivity contribution >= 4 is 22.6 Å². The number of hydrogen-bond donors (Lipinski definition) is 2. The summed E-state index contributed by atoms with van der Waals surface area (Å²) in [6, 6.07) is 13.6. The first-order chi connectivity index (χ1) is 13.0. The fraction of sp³-hybridized carbons (Fsp3) is 0.455. The lowest BCUT2D eigenvalue weighted by Gasteiger charge is -2.20. The van der Waals surface area contributed by atoms with Crippen LogP contribution in [0.15, 0.2) is 42.5 Å². The maximum Gasteiger partial charge on any atom is 0.242 e. The molecule has 2 N–H and O–H groups in total. The zero-order chi connectivity index (χ0) is 19.6. The summed E-state index contributed by atoms with van der Waals surface area (Å²) < 4.78 is 0. The van der Waals surface area contributed by atoms with Crippen molar-refractivity contribution in [1.82, 2.24) is 15.5 Å². The Morgan fingerprint density at radius 2 is 1.74 bits per heavy atom. The molecule has 146 valence electrons. The summed E-state index contributed by atoms with van der Waals surface area (Å²) in [5, 5.41) is 8.03. The van der Waals surface area contributed by atoms with Gasteiger partial charge in [-0.25, -0.2) is 0 Å². The van der Waals surface area contributed by atoms with Gasteiger partial charge in [0.1, 0.15) is 6.04 Å². The summed E-state index contributed by atoms with van der Waals surface area (Å²) in [5.74, 6) is -0.323. The fourth-order valence-electron chi connectivity index (χ4n) is 3.32. The number of carbonyl (C=O) groups excluding carboxylic acids is 2. The van der Waals surface area contributed by atoms with Crippen molar-refractivity contribution < 1.29 is 9.59 Å². The number of amides is 2. The Kier molecular flexibility index (Phi) is 8.27. The van der Waals surface area contributed by atoms with Gasteiger partial charge >= 0.3 is 0 Å². The van der Waals surface area contributed by atoms with E-state index in [1.807, 2.05) is 24.3 Å². The standard InChI is InChI=1S/C22H31N3O2/c1-4-25(5-2)15-9-14-23-22(27)21(24-17(3)26)16-19-12-8-11-18-10-6-7-13-20(18)19/h6-8,10-13,21H,4-5,9,14-16H2,1-3H3,(H,23,27)(H,24,26)/t21-/m1/s1. The van der Waals surface area contributed by atoms with Crippen LogP contribution in [0.4, 0.5) is 0 Å². The second-order valence-electron chi connectivity index (χ2n) is 6.77. The number of carbonyl (C=O) groups is 2. The second kappa shape index (κ2) is 10.7. The molecule has 0 aromatic heterocycles. The van der Waals surface area contributed by atoms with Gasteiger partial charge in [0.15, 0.2) is 0 Å². The van der Waals surface area contributed by atoms with Crippen LogP contribution in [0, 0.1) is 0 Å². The van der Waals surface area contributed by atoms with Crippen LogP contribution in [-0.4, -0.2) is 48.9 Å². The topological polar surface area (TPSA) is 61.4 Å². The molecule has 0 bridgehead atoms. The van der Waals surface area contributed by atoms with E-state index in [0.717, 1.165) is 42.4 Å². The van der Waals surface area contributed by atoms with Crippen LogP contribution in [0.3, 0.4) is 0 Å². The third-order valence-electron chi connectivity index (χ3n) is 4.84. The average Bonchev–Trinajstić information content (AvgIpc) is 2.67. The highest BCUT2D eigenvalue weighted by atomic mass is 16.2. The van der Waals surface area contributed by atoms with Crippen molar-refractivity contribution in [1.29, 1.82) is 0 Å². The van der Waals surface area contributed by atoms with Crippen LogP contribution < -0.4 is 10.6 Å². The highest BCUT2D eigenvalue weighted by molar-refractivity contribution is 5.89. The lowest BCUT2D eigenvalue weighted by molar-refractivity contribution is -0.128. The first-order valence-corrected chi connectivity index (χ1v) is 9.79. The third-order valence-corrected chi connectivity index (χ3v) is 4.84. The fourth-order valence-corrected chi connectivity index (χ4v) is 3.32. The average molecular weight is 370 g/mol. The van der Waals surface area contributed by atoms with E-state index in [-0.39, 0.29) is 11.8 Å². The number of fused-ring (bicyclic) bond motifs is 1. The highest BCUT2D eigenvalue weighted by Gasteiger charge is 2.20. The number of benzene rings is 2. The van der Waals surface area contributed by atoms with E-state index in [2.05, 4.69) is 47.6 Å². The van der Waals surface area contributed by atoms with E-state index in [1.165, 1.54) is 6.92 Å². The van der Waals surface area contributed by atoms with Crippen LogP contribution in [-0.2, 0) is 16.0 Å². The lowest BCUT2D eigenvalue weighted by atomic mass is 9.98. The predicted octanol–water partition coefficient (Wildman–Crippen LogP) is 2.74. The molecule has 0 aliphatic rings. The van der Waals surface area contributed by atoms with Gasteiger partial charge in [0.2, 0.25) is 11.8 Å². The molecule has 27 heavy (non-hydrogen) atoms. The molecule has 2 rings (SSSR count). The van der Waals surface area contributed by atoms with E-state index in [1.54, 1.807) is 0 Å². The number of nitrogens with zero attached hydrogens (tertiary/aromatic N) is 1. The van der Waals surface area contributed by atoms with E-state index in [4.69, 9.17) is 0 Å². The number of hydrogen-bond acceptors (Lipinski definition) is 3. The van der Waals surface area contributed by atoms with Crippen LogP contribution >= 0.6 is 0 Å². The second-order valence-corrected chi connectivity index (χ2v) is 6.77. The minimum atomic E-state index is -0.568. The van der Waals surface area contributed by atoms with Gasteiger partial charge in [-0.2, -0.15) is 0 Å². The summed E-state index contributed by atoms with van der Waals surface area (Å²) in [4.78, 5) is 26.6. The highest BCUT2D eigenvalue weighted by Crippen LogP contribution is 2.19. The maximum absolute atomic E-state index is 12.7. The minimum Gasteiger partial charge on any atom is -0.354 e. The predicted molar refractivity (Wildman–Crippen MR) is 111 cm³/mol. The lowest BCUT2D eigenvalue weighted by Crippen LogP contribution is -2.47. The molecule has 0 heterocycles. The summed E-state index contributed by atoms with van der Waals surface area (Å²) in [6.45, 7) is 9.32. The molecule has 0 spiro atoms. The van der Waals surface area contributed by atoms with Gasteiger partial charge in [-0.15, -0.1) is 0 Å². The summed E-state index contributed by atoms with van der Waals surface area (Å²) in [5.41, 5.74) is 1.06. The minimum absolute atomic E-state index is 0.127. The van der Waals surface area contributed by atoms with Crippen molar-refractivity contribution in [2.75, 3.05) is 26.2 Å². The molecule has 0 saturated heterocycles. The van der Waals surface area contributed by atoms with E-state index in [0.29, 0.717) is 13.0 Å². The summed E-state index contributed by atoms with van der Waals surface area (Å²) in [6.07, 6.45) is 1.37. The molecule has 2 aromatic carbocycles. The molecule has 2 amide bonds. The Hall–Kier alpha value is -2.40. The van der Waals surface area contributed by atoms with E-state index in [9.17, 15) is 9.59 Å². The van der Waals surface area contributed by atoms with Gasteiger partial charge in [0.25, 0.3) is 0 Å². The summed E-state index contributed by atoms with van der Waals surface area (Å²) >= 11 is 0. The molecule has 5 nitrogen and oxygen atoms in total. The van der Waals surface area contributed by atoms with Crippen molar-refractivity contribution in [2.45, 2.75) is 39.7 Å². The molecule has 0 fully saturated rings. The SMILES string of the molecule is CCN(CC)CCCNC(=O)[C@@H](Cc1cccc2ccccc12)NC(C)=O. The van der Waals surface area contributed by atoms with Crippen LogP contribution in [0.25, 0.3) is 10.8 Å². The van der Waals surface area contributed by atoms with Crippen molar-refractivity contribution in [3.8, 4) is 0 Å². The molecule has 1 atom stereocenters. The quantitative estimate of drug-likeness (QED) is 0.633. The third kappa shape index (κ3) is 6.36. The van der Waals surface area contributed by atoms with Crippen molar-refractivity contribution in [3.05, 3.63) is 48.0 Å². The number of nitrogens with one attached hydrogen (secondary N) is 2. The first kappa shape index (κ1) is 20.9. The monoisotopic (exact) mass is 369 g/mol. The van der Waals surface area contributed by atoms with Gasteiger partial charge < -0.3 is 15.5 Å². The van der Waals surface area contributed by atoms with E-state index >= 15 is 0 Å². The molecule has 0 unspecified atom stereocenters. The van der Waals surface area contributed by atoms with Crippen LogP contribution in [0.1, 0.15) is 32.8 Å².